The lowest BCUT2D eigenvalue weighted by Gasteiger charge is -2.11. The van der Waals surface area contributed by atoms with E-state index in [0.717, 1.165) is 9.13 Å². The molecule has 7 heteroatoms. The van der Waals surface area contributed by atoms with E-state index in [0.29, 0.717) is 5.69 Å². The minimum atomic E-state index is -1.07. The molecule has 3 N–H and O–H groups in total. The normalized spacial score (nSPS) is 10.4. The second-order valence-electron chi connectivity index (χ2n) is 4.68. The van der Waals surface area contributed by atoms with E-state index in [4.69, 9.17) is 12.2 Å². The number of aromatic carboxylic acids is 1. The number of carboxylic acid groups (broad SMARTS) is 1. The van der Waals surface area contributed by atoms with Crippen LogP contribution in [0.4, 0.5) is 5.69 Å². The third kappa shape index (κ3) is 5.43. The van der Waals surface area contributed by atoms with Gasteiger partial charge in [0.1, 0.15) is 0 Å². The van der Waals surface area contributed by atoms with E-state index in [1.807, 2.05) is 52.9 Å². The van der Waals surface area contributed by atoms with Gasteiger partial charge in [0.25, 0.3) is 0 Å². The molecule has 0 atom stereocenters. The molecule has 122 valence electrons. The molecule has 0 aliphatic heterocycles. The van der Waals surface area contributed by atoms with Crippen LogP contribution in [0.1, 0.15) is 15.9 Å². The van der Waals surface area contributed by atoms with Gasteiger partial charge in [-0.2, -0.15) is 0 Å². The smallest absolute Gasteiger partial charge is 0.337 e. The maximum absolute atomic E-state index is 11.8. The number of halogens is 1. The summed E-state index contributed by atoms with van der Waals surface area (Å²) in [7, 11) is 0. The van der Waals surface area contributed by atoms with E-state index in [2.05, 4.69) is 10.6 Å². The molecule has 2 aromatic rings. The summed E-state index contributed by atoms with van der Waals surface area (Å²) in [5.74, 6) is -1.48. The molecule has 0 aliphatic carbocycles. The molecule has 5 nitrogen and oxygen atoms in total. The minimum Gasteiger partial charge on any atom is -0.478 e. The molecule has 1 amide bonds. The van der Waals surface area contributed by atoms with E-state index in [1.54, 1.807) is 18.2 Å². The van der Waals surface area contributed by atoms with Crippen LogP contribution in [-0.4, -0.2) is 22.1 Å². The SMILES string of the molecule is O=C(/C=C/c1ccccc1)NC(=S)Nc1ccc(I)cc1C(=O)O. The van der Waals surface area contributed by atoms with Crippen LogP contribution in [0.3, 0.4) is 0 Å². The van der Waals surface area contributed by atoms with Gasteiger partial charge in [0, 0.05) is 9.65 Å². The largest absolute Gasteiger partial charge is 0.478 e. The zero-order valence-electron chi connectivity index (χ0n) is 12.3. The van der Waals surface area contributed by atoms with Crippen molar-refractivity contribution in [3.63, 3.8) is 0 Å². The van der Waals surface area contributed by atoms with Crippen molar-refractivity contribution in [2.24, 2.45) is 0 Å². The van der Waals surface area contributed by atoms with Gasteiger partial charge in [-0.25, -0.2) is 4.79 Å². The third-order valence-electron chi connectivity index (χ3n) is 2.92. The highest BCUT2D eigenvalue weighted by Gasteiger charge is 2.12. The third-order valence-corrected chi connectivity index (χ3v) is 3.80. The lowest BCUT2D eigenvalue weighted by Crippen LogP contribution is -2.33. The quantitative estimate of drug-likeness (QED) is 0.376. The highest BCUT2D eigenvalue weighted by Crippen LogP contribution is 2.18. The summed E-state index contributed by atoms with van der Waals surface area (Å²) < 4.78 is 0.788. The van der Waals surface area contributed by atoms with E-state index >= 15 is 0 Å². The average Bonchev–Trinajstić information content (AvgIpc) is 2.55. The summed E-state index contributed by atoms with van der Waals surface area (Å²) in [6.45, 7) is 0. The van der Waals surface area contributed by atoms with Gasteiger partial charge in [0.05, 0.1) is 11.3 Å². The Balaban J connectivity index is 2.00. The van der Waals surface area contributed by atoms with Crippen LogP contribution in [0.5, 0.6) is 0 Å². The van der Waals surface area contributed by atoms with Crippen molar-refractivity contribution < 1.29 is 14.7 Å². The van der Waals surface area contributed by atoms with Crippen molar-refractivity contribution in [2.45, 2.75) is 0 Å². The predicted octanol–water partition coefficient (Wildman–Crippen LogP) is 3.52. The molecule has 0 fully saturated rings. The van der Waals surface area contributed by atoms with Crippen LogP contribution in [0.15, 0.2) is 54.6 Å². The maximum atomic E-state index is 11.8. The lowest BCUT2D eigenvalue weighted by molar-refractivity contribution is -0.115. The number of amides is 1. The summed E-state index contributed by atoms with van der Waals surface area (Å²) in [5.41, 5.74) is 1.29. The van der Waals surface area contributed by atoms with Crippen molar-refractivity contribution in [2.75, 3.05) is 5.32 Å². The monoisotopic (exact) mass is 452 g/mol. The molecule has 0 aliphatic rings. The summed E-state index contributed by atoms with van der Waals surface area (Å²) >= 11 is 7.07. The number of anilines is 1. The Morgan fingerprint density at radius 2 is 1.83 bits per heavy atom. The average molecular weight is 452 g/mol. The van der Waals surface area contributed by atoms with E-state index in [1.165, 1.54) is 12.1 Å². The summed E-state index contributed by atoms with van der Waals surface area (Å²) in [5, 5.41) is 14.4. The van der Waals surface area contributed by atoms with Gasteiger partial charge in [-0.1, -0.05) is 30.3 Å². The fourth-order valence-electron chi connectivity index (χ4n) is 1.85. The van der Waals surface area contributed by atoms with E-state index < -0.39 is 11.9 Å². The molecular formula is C17H13IN2O3S. The van der Waals surface area contributed by atoms with Gasteiger partial charge in [0.15, 0.2) is 5.11 Å². The molecule has 0 bridgehead atoms. The Morgan fingerprint density at radius 3 is 2.50 bits per heavy atom. The first-order valence-electron chi connectivity index (χ1n) is 6.83. The highest BCUT2D eigenvalue weighted by atomic mass is 127. The molecule has 0 saturated carbocycles. The van der Waals surface area contributed by atoms with Crippen molar-refractivity contribution in [1.29, 1.82) is 0 Å². The molecule has 24 heavy (non-hydrogen) atoms. The lowest BCUT2D eigenvalue weighted by atomic mass is 10.2. The second kappa shape index (κ2) is 8.55. The van der Waals surface area contributed by atoms with Gasteiger partial charge < -0.3 is 10.4 Å². The standard InChI is InChI=1S/C17H13IN2O3S/c18-12-7-8-14(13(10-12)16(22)23)19-17(24)20-15(21)9-6-11-4-2-1-3-5-11/h1-10H,(H,22,23)(H2,19,20,21,24)/b9-6+. The first kappa shape index (κ1) is 18.1. The Bertz CT molecular complexity index is 807. The van der Waals surface area contributed by atoms with Gasteiger partial charge >= 0.3 is 5.97 Å². The zero-order chi connectivity index (χ0) is 17.5. The number of carbonyl (C=O) groups excluding carboxylic acids is 1. The predicted molar refractivity (Wildman–Crippen MR) is 106 cm³/mol. The molecule has 0 radical (unpaired) electrons. The zero-order valence-corrected chi connectivity index (χ0v) is 15.3. The number of carbonyl (C=O) groups is 2. The highest BCUT2D eigenvalue weighted by molar-refractivity contribution is 14.1. The van der Waals surface area contributed by atoms with Gasteiger partial charge in [0.2, 0.25) is 5.91 Å². The fourth-order valence-corrected chi connectivity index (χ4v) is 2.55. The Morgan fingerprint density at radius 1 is 1.12 bits per heavy atom. The van der Waals surface area contributed by atoms with Crippen LogP contribution in [0.2, 0.25) is 0 Å². The molecule has 0 aromatic heterocycles. The Labute approximate surface area is 157 Å². The Hall–Kier alpha value is -2.26. The second-order valence-corrected chi connectivity index (χ2v) is 6.34. The number of hydrogen-bond acceptors (Lipinski definition) is 3. The van der Waals surface area contributed by atoms with E-state index in [-0.39, 0.29) is 10.7 Å². The molecule has 0 unspecified atom stereocenters. The topological polar surface area (TPSA) is 78.4 Å². The van der Waals surface area contributed by atoms with E-state index in [9.17, 15) is 14.7 Å². The van der Waals surface area contributed by atoms with Crippen molar-refractivity contribution >= 4 is 63.6 Å². The summed E-state index contributed by atoms with van der Waals surface area (Å²) in [6.07, 6.45) is 3.01. The molecular weight excluding hydrogens is 439 g/mol. The van der Waals surface area contributed by atoms with Crippen LogP contribution in [0.25, 0.3) is 6.08 Å². The van der Waals surface area contributed by atoms with Gasteiger partial charge in [-0.3, -0.25) is 10.1 Å². The van der Waals surface area contributed by atoms with Crippen LogP contribution in [-0.2, 0) is 4.79 Å². The fraction of sp³-hybridized carbons (Fsp3) is 0. The molecule has 0 spiro atoms. The molecule has 2 rings (SSSR count). The van der Waals surface area contributed by atoms with Gasteiger partial charge in [-0.05, 0) is 64.6 Å². The number of carboxylic acids is 1. The first-order valence-corrected chi connectivity index (χ1v) is 8.32. The van der Waals surface area contributed by atoms with Crippen molar-refractivity contribution in [1.82, 2.24) is 5.32 Å². The minimum absolute atomic E-state index is 0.0291. The molecule has 2 aromatic carbocycles. The van der Waals surface area contributed by atoms with Gasteiger partial charge in [-0.15, -0.1) is 0 Å². The first-order chi connectivity index (χ1) is 11.5. The van der Waals surface area contributed by atoms with Crippen LogP contribution < -0.4 is 10.6 Å². The number of rotatable bonds is 4. The van der Waals surface area contributed by atoms with Crippen molar-refractivity contribution in [3.05, 3.63) is 69.3 Å². The number of benzene rings is 2. The number of hydrogen-bond donors (Lipinski definition) is 3. The van der Waals surface area contributed by atoms with Crippen LogP contribution in [0, 0.1) is 3.57 Å². The van der Waals surface area contributed by atoms with Crippen LogP contribution >= 0.6 is 34.8 Å². The summed E-state index contributed by atoms with van der Waals surface area (Å²) in [6, 6.07) is 14.2. The maximum Gasteiger partial charge on any atom is 0.337 e. The number of thiocarbonyl (C=S) groups is 1. The number of nitrogens with one attached hydrogen (secondary N) is 2. The molecule has 0 heterocycles. The molecule has 0 saturated heterocycles. The van der Waals surface area contributed by atoms with Crippen molar-refractivity contribution in [3.8, 4) is 0 Å². The Kier molecular flexibility index (Phi) is 6.44. The summed E-state index contributed by atoms with van der Waals surface area (Å²) in [4.78, 5) is 23.1.